The minimum absolute atomic E-state index is 0.0531. The normalized spacial score (nSPS) is 27.3. The number of piperidine rings is 1. The zero-order chi connectivity index (χ0) is 13.8. The molecule has 0 radical (unpaired) electrons. The summed E-state index contributed by atoms with van der Waals surface area (Å²) in [4.78, 5) is 0.432. The van der Waals surface area contributed by atoms with Gasteiger partial charge in [0.25, 0.3) is 0 Å². The van der Waals surface area contributed by atoms with Gasteiger partial charge in [0, 0.05) is 13.1 Å². The lowest BCUT2D eigenvalue weighted by Gasteiger charge is -2.21. The predicted molar refractivity (Wildman–Crippen MR) is 75.5 cm³/mol. The maximum Gasteiger partial charge on any atom is 0.243 e. The van der Waals surface area contributed by atoms with E-state index in [4.69, 9.17) is 0 Å². The fourth-order valence-corrected chi connectivity index (χ4v) is 4.38. The van der Waals surface area contributed by atoms with E-state index in [0.29, 0.717) is 29.8 Å². The molecule has 0 amide bonds. The van der Waals surface area contributed by atoms with Crippen molar-refractivity contribution in [1.29, 1.82) is 0 Å². The Hall–Kier alpha value is -0.870. The molecule has 0 bridgehead atoms. The van der Waals surface area contributed by atoms with Gasteiger partial charge in [-0.05, 0) is 41.4 Å². The Morgan fingerprint density at radius 1 is 1.05 bits per heavy atom. The fourth-order valence-electron chi connectivity index (χ4n) is 2.83. The molecule has 1 aromatic carbocycles. The van der Waals surface area contributed by atoms with Gasteiger partial charge in [-0.15, -0.1) is 0 Å². The first-order chi connectivity index (χ1) is 8.78. The van der Waals surface area contributed by atoms with Crippen LogP contribution in [0.2, 0.25) is 0 Å². The van der Waals surface area contributed by atoms with Crippen molar-refractivity contribution in [2.75, 3.05) is 13.1 Å². The summed E-state index contributed by atoms with van der Waals surface area (Å²) in [6, 6.07) is 7.37. The molecule has 3 nitrogen and oxygen atoms in total. The second-order valence-electron chi connectivity index (χ2n) is 6.85. The third-order valence-electron chi connectivity index (χ3n) is 4.30. The summed E-state index contributed by atoms with van der Waals surface area (Å²) in [5.41, 5.74) is 1.22. The maximum absolute atomic E-state index is 12.5. The van der Waals surface area contributed by atoms with E-state index >= 15 is 0 Å². The summed E-state index contributed by atoms with van der Waals surface area (Å²) >= 11 is 0. The molecule has 0 N–H and O–H groups in total. The average Bonchev–Trinajstić information content (AvgIpc) is 2.95. The molecule has 104 valence electrons. The van der Waals surface area contributed by atoms with E-state index in [0.717, 1.165) is 5.56 Å². The number of benzene rings is 1. The first kappa shape index (κ1) is 13.1. The molecule has 0 spiro atoms. The van der Waals surface area contributed by atoms with Gasteiger partial charge in [0.1, 0.15) is 0 Å². The molecule has 2 aliphatic rings. The molecular formula is C15H21NO2S. The van der Waals surface area contributed by atoms with Gasteiger partial charge in [-0.2, -0.15) is 4.31 Å². The molecule has 1 aliphatic carbocycles. The molecule has 0 aromatic heterocycles. The largest absolute Gasteiger partial charge is 0.243 e. The summed E-state index contributed by atoms with van der Waals surface area (Å²) in [5.74, 6) is 1.26. The van der Waals surface area contributed by atoms with E-state index in [9.17, 15) is 8.42 Å². The summed E-state index contributed by atoms with van der Waals surface area (Å²) in [5, 5.41) is 0. The number of fused-ring (bicyclic) bond motifs is 1. The van der Waals surface area contributed by atoms with Crippen LogP contribution in [0.25, 0.3) is 0 Å². The van der Waals surface area contributed by atoms with Crippen molar-refractivity contribution < 1.29 is 8.42 Å². The molecule has 2 fully saturated rings. The van der Waals surface area contributed by atoms with E-state index in [-0.39, 0.29) is 5.41 Å². The van der Waals surface area contributed by atoms with Gasteiger partial charge in [0.15, 0.2) is 0 Å². The van der Waals surface area contributed by atoms with Crippen LogP contribution in [0.1, 0.15) is 32.8 Å². The Kier molecular flexibility index (Phi) is 2.81. The second kappa shape index (κ2) is 4.06. The smallest absolute Gasteiger partial charge is 0.207 e. The standard InChI is InChI=1S/C15H21NO2S/c1-15(2,3)13-4-6-14(7-5-13)19(17,18)16-9-11-8-12(11)10-16/h4-7,11-12H,8-10H2,1-3H3. The molecule has 1 aliphatic heterocycles. The van der Waals surface area contributed by atoms with Crippen LogP contribution >= 0.6 is 0 Å². The van der Waals surface area contributed by atoms with Crippen molar-refractivity contribution in [2.45, 2.75) is 37.5 Å². The Morgan fingerprint density at radius 3 is 2.05 bits per heavy atom. The lowest BCUT2D eigenvalue weighted by atomic mass is 9.87. The summed E-state index contributed by atoms with van der Waals surface area (Å²) in [7, 11) is -3.27. The van der Waals surface area contributed by atoms with Gasteiger partial charge in [0.05, 0.1) is 4.90 Å². The van der Waals surface area contributed by atoms with Crippen molar-refractivity contribution in [1.82, 2.24) is 4.31 Å². The summed E-state index contributed by atoms with van der Waals surface area (Å²) in [6.07, 6.45) is 1.22. The fraction of sp³-hybridized carbons (Fsp3) is 0.600. The molecule has 2 atom stereocenters. The molecule has 1 saturated carbocycles. The Balaban J connectivity index is 1.85. The van der Waals surface area contributed by atoms with Crippen molar-refractivity contribution in [2.24, 2.45) is 11.8 Å². The number of hydrogen-bond acceptors (Lipinski definition) is 2. The van der Waals surface area contributed by atoms with Gasteiger partial charge >= 0.3 is 0 Å². The van der Waals surface area contributed by atoms with E-state index in [1.165, 1.54) is 6.42 Å². The first-order valence-corrected chi connectivity index (χ1v) is 8.33. The number of nitrogens with zero attached hydrogens (tertiary/aromatic N) is 1. The molecule has 4 heteroatoms. The number of sulfonamides is 1. The zero-order valence-corrected chi connectivity index (χ0v) is 12.6. The van der Waals surface area contributed by atoms with Crippen molar-refractivity contribution in [3.63, 3.8) is 0 Å². The van der Waals surface area contributed by atoms with Crippen LogP contribution in [-0.2, 0) is 15.4 Å². The van der Waals surface area contributed by atoms with Crippen molar-refractivity contribution >= 4 is 10.0 Å². The van der Waals surface area contributed by atoms with Crippen molar-refractivity contribution in [3.05, 3.63) is 29.8 Å². The average molecular weight is 279 g/mol. The van der Waals surface area contributed by atoms with Gasteiger partial charge in [0.2, 0.25) is 10.0 Å². The third-order valence-corrected chi connectivity index (χ3v) is 6.15. The van der Waals surface area contributed by atoms with Crippen LogP contribution in [0.3, 0.4) is 0 Å². The van der Waals surface area contributed by atoms with Gasteiger partial charge in [-0.3, -0.25) is 0 Å². The van der Waals surface area contributed by atoms with E-state index < -0.39 is 10.0 Å². The van der Waals surface area contributed by atoms with E-state index in [2.05, 4.69) is 20.8 Å². The zero-order valence-electron chi connectivity index (χ0n) is 11.8. The first-order valence-electron chi connectivity index (χ1n) is 6.89. The van der Waals surface area contributed by atoms with Crippen LogP contribution < -0.4 is 0 Å². The highest BCUT2D eigenvalue weighted by molar-refractivity contribution is 7.89. The number of hydrogen-bond donors (Lipinski definition) is 0. The molecular weight excluding hydrogens is 258 g/mol. The lowest BCUT2D eigenvalue weighted by Crippen LogP contribution is -2.30. The van der Waals surface area contributed by atoms with Crippen LogP contribution in [0, 0.1) is 11.8 Å². The molecule has 1 saturated heterocycles. The van der Waals surface area contributed by atoms with Gasteiger partial charge in [-0.25, -0.2) is 8.42 Å². The Labute approximate surface area is 115 Å². The van der Waals surface area contributed by atoms with E-state index in [1.807, 2.05) is 12.1 Å². The van der Waals surface area contributed by atoms with Crippen LogP contribution in [-0.4, -0.2) is 25.8 Å². The molecule has 19 heavy (non-hydrogen) atoms. The molecule has 1 aromatic rings. The van der Waals surface area contributed by atoms with E-state index in [1.54, 1.807) is 16.4 Å². The van der Waals surface area contributed by atoms with Gasteiger partial charge in [-0.1, -0.05) is 32.9 Å². The van der Waals surface area contributed by atoms with Gasteiger partial charge < -0.3 is 0 Å². The van der Waals surface area contributed by atoms with Crippen LogP contribution in [0.4, 0.5) is 0 Å². The highest BCUT2D eigenvalue weighted by Gasteiger charge is 2.48. The number of rotatable bonds is 2. The van der Waals surface area contributed by atoms with Crippen LogP contribution in [0.15, 0.2) is 29.2 Å². The molecule has 2 unspecified atom stereocenters. The third kappa shape index (κ3) is 2.32. The van der Waals surface area contributed by atoms with Crippen molar-refractivity contribution in [3.8, 4) is 0 Å². The van der Waals surface area contributed by atoms with Crippen LogP contribution in [0.5, 0.6) is 0 Å². The SMILES string of the molecule is CC(C)(C)c1ccc(S(=O)(=O)N2CC3CC3C2)cc1. The molecule has 1 heterocycles. The summed E-state index contributed by atoms with van der Waals surface area (Å²) < 4.78 is 26.6. The quantitative estimate of drug-likeness (QED) is 0.834. The minimum atomic E-state index is -3.27. The monoisotopic (exact) mass is 279 g/mol. The Morgan fingerprint density at radius 2 is 1.58 bits per heavy atom. The topological polar surface area (TPSA) is 37.4 Å². The second-order valence-corrected chi connectivity index (χ2v) is 8.79. The minimum Gasteiger partial charge on any atom is -0.207 e. The summed E-state index contributed by atoms with van der Waals surface area (Å²) in [6.45, 7) is 7.82. The predicted octanol–water partition coefficient (Wildman–Crippen LogP) is 2.62. The molecule has 3 rings (SSSR count). The maximum atomic E-state index is 12.5. The lowest BCUT2D eigenvalue weighted by molar-refractivity contribution is 0.442. The highest BCUT2D eigenvalue weighted by atomic mass is 32.2. The Bertz CT molecular complexity index is 574. The highest BCUT2D eigenvalue weighted by Crippen LogP contribution is 2.46.